The Morgan fingerprint density at radius 3 is 2.18 bits per heavy atom. The quantitative estimate of drug-likeness (QED) is 0.516. The molecular formula is C21H20N4O3. The summed E-state index contributed by atoms with van der Waals surface area (Å²) in [6.07, 6.45) is 0. The van der Waals surface area contributed by atoms with Crippen molar-refractivity contribution in [3.05, 3.63) is 71.5 Å². The third kappa shape index (κ3) is 5.14. The van der Waals surface area contributed by atoms with Crippen LogP contribution in [0.5, 0.6) is 5.75 Å². The number of esters is 1. The summed E-state index contributed by atoms with van der Waals surface area (Å²) >= 11 is 0. The third-order valence-corrected chi connectivity index (χ3v) is 3.74. The summed E-state index contributed by atoms with van der Waals surface area (Å²) in [5, 5.41) is 5.95. The summed E-state index contributed by atoms with van der Waals surface area (Å²) < 4.78 is 5.01. The minimum absolute atomic E-state index is 0.299. The first-order chi connectivity index (χ1) is 13.4. The number of amides is 1. The number of carbonyl (C=O) groups is 2. The third-order valence-electron chi connectivity index (χ3n) is 3.74. The highest BCUT2D eigenvalue weighted by atomic mass is 16.5. The zero-order valence-electron chi connectivity index (χ0n) is 15.8. The molecule has 0 saturated heterocycles. The second kappa shape index (κ2) is 8.30. The molecular weight excluding hydrogens is 356 g/mol. The fraction of sp³-hybridized carbons (Fsp3) is 0.143. The lowest BCUT2D eigenvalue weighted by atomic mass is 10.2. The van der Waals surface area contributed by atoms with Crippen molar-refractivity contribution >= 4 is 29.2 Å². The average molecular weight is 376 g/mol. The number of benzene rings is 2. The van der Waals surface area contributed by atoms with Gasteiger partial charge in [0.1, 0.15) is 5.75 Å². The molecule has 0 radical (unpaired) electrons. The van der Waals surface area contributed by atoms with Gasteiger partial charge in [-0.2, -0.15) is 0 Å². The van der Waals surface area contributed by atoms with Gasteiger partial charge in [0.15, 0.2) is 0 Å². The van der Waals surface area contributed by atoms with Gasteiger partial charge in [-0.3, -0.25) is 9.59 Å². The van der Waals surface area contributed by atoms with Crippen LogP contribution in [0.4, 0.5) is 17.3 Å². The van der Waals surface area contributed by atoms with Crippen molar-refractivity contribution in [2.75, 3.05) is 10.6 Å². The van der Waals surface area contributed by atoms with Crippen molar-refractivity contribution in [2.24, 2.45) is 0 Å². The van der Waals surface area contributed by atoms with Gasteiger partial charge in [-0.05, 0) is 62.4 Å². The zero-order valence-corrected chi connectivity index (χ0v) is 15.8. The van der Waals surface area contributed by atoms with Gasteiger partial charge in [-0.1, -0.05) is 6.07 Å². The van der Waals surface area contributed by atoms with Gasteiger partial charge in [0, 0.05) is 35.2 Å². The summed E-state index contributed by atoms with van der Waals surface area (Å²) in [6, 6.07) is 15.5. The van der Waals surface area contributed by atoms with Crippen LogP contribution in [-0.2, 0) is 4.79 Å². The minimum Gasteiger partial charge on any atom is -0.427 e. The highest BCUT2D eigenvalue weighted by Gasteiger charge is 2.09. The maximum Gasteiger partial charge on any atom is 0.308 e. The number of ether oxygens (including phenoxy) is 1. The Hall–Kier alpha value is -3.74. The Labute approximate surface area is 162 Å². The van der Waals surface area contributed by atoms with Gasteiger partial charge >= 0.3 is 5.97 Å². The van der Waals surface area contributed by atoms with Crippen LogP contribution >= 0.6 is 0 Å². The Kier molecular flexibility index (Phi) is 5.64. The largest absolute Gasteiger partial charge is 0.427 e. The van der Waals surface area contributed by atoms with E-state index in [0.29, 0.717) is 22.9 Å². The molecule has 3 rings (SSSR count). The predicted molar refractivity (Wildman–Crippen MR) is 107 cm³/mol. The highest BCUT2D eigenvalue weighted by molar-refractivity contribution is 6.04. The molecule has 0 atom stereocenters. The van der Waals surface area contributed by atoms with Crippen LogP contribution in [0, 0.1) is 13.8 Å². The van der Waals surface area contributed by atoms with E-state index in [1.807, 2.05) is 32.0 Å². The van der Waals surface area contributed by atoms with E-state index in [4.69, 9.17) is 4.74 Å². The molecule has 0 spiro atoms. The number of aromatic nitrogens is 2. The van der Waals surface area contributed by atoms with E-state index < -0.39 is 5.97 Å². The molecule has 1 aromatic heterocycles. The monoisotopic (exact) mass is 376 g/mol. The lowest BCUT2D eigenvalue weighted by molar-refractivity contribution is -0.131. The first-order valence-corrected chi connectivity index (χ1v) is 8.68. The van der Waals surface area contributed by atoms with Crippen molar-refractivity contribution in [2.45, 2.75) is 20.8 Å². The van der Waals surface area contributed by atoms with Crippen LogP contribution in [0.25, 0.3) is 0 Å². The van der Waals surface area contributed by atoms with E-state index in [0.717, 1.165) is 17.1 Å². The smallest absolute Gasteiger partial charge is 0.308 e. The van der Waals surface area contributed by atoms with Crippen LogP contribution < -0.4 is 15.4 Å². The Morgan fingerprint density at radius 1 is 0.893 bits per heavy atom. The summed E-state index contributed by atoms with van der Waals surface area (Å²) in [6.45, 7) is 5.13. The first-order valence-electron chi connectivity index (χ1n) is 8.68. The molecule has 7 heteroatoms. The fourth-order valence-corrected chi connectivity index (χ4v) is 2.62. The lowest BCUT2D eigenvalue weighted by Gasteiger charge is -2.09. The number of anilines is 3. The number of hydrogen-bond acceptors (Lipinski definition) is 6. The van der Waals surface area contributed by atoms with E-state index in [9.17, 15) is 9.59 Å². The molecule has 0 aliphatic rings. The van der Waals surface area contributed by atoms with E-state index in [-0.39, 0.29) is 5.91 Å². The van der Waals surface area contributed by atoms with Crippen LogP contribution in [-0.4, -0.2) is 21.8 Å². The molecule has 2 aromatic carbocycles. The van der Waals surface area contributed by atoms with Crippen molar-refractivity contribution < 1.29 is 14.3 Å². The zero-order chi connectivity index (χ0) is 20.1. The Balaban J connectivity index is 1.67. The molecule has 0 aliphatic heterocycles. The second-order valence-corrected chi connectivity index (χ2v) is 6.25. The molecule has 0 unspecified atom stereocenters. The molecule has 7 nitrogen and oxygen atoms in total. The van der Waals surface area contributed by atoms with Crippen molar-refractivity contribution in [1.29, 1.82) is 0 Å². The number of carbonyl (C=O) groups excluding carboxylic acids is 2. The number of nitrogens with one attached hydrogen (secondary N) is 2. The molecule has 0 saturated carbocycles. The molecule has 0 bridgehead atoms. The maximum atomic E-state index is 12.4. The Morgan fingerprint density at radius 2 is 1.54 bits per heavy atom. The fourth-order valence-electron chi connectivity index (χ4n) is 2.62. The van der Waals surface area contributed by atoms with Gasteiger partial charge in [-0.15, -0.1) is 0 Å². The van der Waals surface area contributed by atoms with Crippen LogP contribution in [0.3, 0.4) is 0 Å². The van der Waals surface area contributed by atoms with Crippen molar-refractivity contribution in [3.8, 4) is 5.75 Å². The molecule has 1 heterocycles. The number of rotatable bonds is 5. The SMILES string of the molecule is CC(=O)Oc1cccc(C(=O)Nc2ccc(Nc3nc(C)cc(C)n3)cc2)c1. The van der Waals surface area contributed by atoms with Gasteiger partial charge in [0.25, 0.3) is 5.91 Å². The molecule has 0 fully saturated rings. The van der Waals surface area contributed by atoms with Crippen molar-refractivity contribution in [3.63, 3.8) is 0 Å². The van der Waals surface area contributed by atoms with E-state index in [1.165, 1.54) is 13.0 Å². The summed E-state index contributed by atoms with van der Waals surface area (Å²) in [7, 11) is 0. The number of nitrogens with zero attached hydrogens (tertiary/aromatic N) is 2. The topological polar surface area (TPSA) is 93.2 Å². The van der Waals surface area contributed by atoms with Gasteiger partial charge in [-0.25, -0.2) is 9.97 Å². The Bertz CT molecular complexity index is 996. The molecule has 2 N–H and O–H groups in total. The van der Waals surface area contributed by atoms with Crippen LogP contribution in [0.2, 0.25) is 0 Å². The normalized spacial score (nSPS) is 10.2. The lowest BCUT2D eigenvalue weighted by Crippen LogP contribution is -2.12. The number of hydrogen-bond donors (Lipinski definition) is 2. The maximum absolute atomic E-state index is 12.4. The van der Waals surface area contributed by atoms with Crippen LogP contribution in [0.15, 0.2) is 54.6 Å². The summed E-state index contributed by atoms with van der Waals surface area (Å²) in [5.74, 6) is 0.116. The highest BCUT2D eigenvalue weighted by Crippen LogP contribution is 2.19. The van der Waals surface area contributed by atoms with E-state index >= 15 is 0 Å². The van der Waals surface area contributed by atoms with Crippen LogP contribution in [0.1, 0.15) is 28.7 Å². The van der Waals surface area contributed by atoms with Gasteiger partial charge in [0.05, 0.1) is 0 Å². The predicted octanol–water partition coefficient (Wildman–Crippen LogP) is 4.01. The molecule has 3 aromatic rings. The minimum atomic E-state index is -0.437. The summed E-state index contributed by atoms with van der Waals surface area (Å²) in [4.78, 5) is 32.1. The molecule has 0 aliphatic carbocycles. The molecule has 1 amide bonds. The summed E-state index contributed by atoms with van der Waals surface area (Å²) in [5.41, 5.74) is 3.60. The van der Waals surface area contributed by atoms with E-state index in [1.54, 1.807) is 30.3 Å². The standard InChI is InChI=1S/C21H20N4O3/c1-13-11-14(2)23-21(22-13)25-18-9-7-17(8-10-18)24-20(27)16-5-4-6-19(12-16)28-15(3)26/h4-12H,1-3H3,(H,24,27)(H,22,23,25). The first kappa shape index (κ1) is 19.0. The van der Waals surface area contributed by atoms with Gasteiger partial charge < -0.3 is 15.4 Å². The second-order valence-electron chi connectivity index (χ2n) is 6.25. The number of aryl methyl sites for hydroxylation is 2. The van der Waals surface area contributed by atoms with Crippen molar-refractivity contribution in [1.82, 2.24) is 9.97 Å². The molecule has 28 heavy (non-hydrogen) atoms. The van der Waals surface area contributed by atoms with E-state index in [2.05, 4.69) is 20.6 Å². The average Bonchev–Trinajstić information content (AvgIpc) is 2.62. The van der Waals surface area contributed by atoms with Gasteiger partial charge in [0.2, 0.25) is 5.95 Å². The molecule has 142 valence electrons.